The van der Waals surface area contributed by atoms with Crippen molar-refractivity contribution >= 4 is 11.3 Å². The number of hydrogen-bond acceptors (Lipinski definition) is 4. The van der Waals surface area contributed by atoms with Gasteiger partial charge in [-0.2, -0.15) is 13.2 Å². The number of aliphatic hydroxyl groups is 1. The van der Waals surface area contributed by atoms with Gasteiger partial charge >= 0.3 is 6.18 Å². The van der Waals surface area contributed by atoms with Gasteiger partial charge in [0.1, 0.15) is 17.4 Å². The fraction of sp³-hybridized carbons (Fsp3) is 0.308. The first-order valence-electron chi connectivity index (χ1n) is 5.81. The van der Waals surface area contributed by atoms with E-state index in [0.29, 0.717) is 5.75 Å². The highest BCUT2D eigenvalue weighted by atomic mass is 32.1. The Balaban J connectivity index is 1.95. The Morgan fingerprint density at radius 2 is 2.15 bits per heavy atom. The number of halogens is 3. The summed E-state index contributed by atoms with van der Waals surface area (Å²) in [4.78, 5) is 4.14. The summed E-state index contributed by atoms with van der Waals surface area (Å²) < 4.78 is 41.4. The summed E-state index contributed by atoms with van der Waals surface area (Å²) in [6.45, 7) is -0.402. The van der Waals surface area contributed by atoms with E-state index >= 15 is 0 Å². The summed E-state index contributed by atoms with van der Waals surface area (Å²) in [5, 5.41) is 11.9. The molecule has 0 radical (unpaired) electrons. The molecule has 1 heterocycles. The average molecular weight is 303 g/mol. The lowest BCUT2D eigenvalue weighted by atomic mass is 10.2. The van der Waals surface area contributed by atoms with Gasteiger partial charge in [-0.05, 0) is 12.1 Å². The van der Waals surface area contributed by atoms with E-state index in [9.17, 15) is 18.3 Å². The van der Waals surface area contributed by atoms with Crippen LogP contribution in [0.5, 0.6) is 5.75 Å². The summed E-state index contributed by atoms with van der Waals surface area (Å²) in [5.41, 5.74) is 0.822. The van der Waals surface area contributed by atoms with E-state index < -0.39 is 25.3 Å². The van der Waals surface area contributed by atoms with Crippen molar-refractivity contribution in [3.8, 4) is 16.3 Å². The standard InChI is InChI=1S/C13H12F3NO2S/c14-13(15,16)7-10(18)8-19-11-3-1-2-9(6-11)12-17-4-5-20-12/h1-6,10,18H,7-8H2. The number of benzene rings is 1. The predicted octanol–water partition coefficient (Wildman–Crippen LogP) is 3.50. The van der Waals surface area contributed by atoms with Crippen LogP contribution in [0.4, 0.5) is 13.2 Å². The molecule has 1 atom stereocenters. The van der Waals surface area contributed by atoms with Crippen LogP contribution in [0.2, 0.25) is 0 Å². The van der Waals surface area contributed by atoms with Crippen molar-refractivity contribution in [2.75, 3.05) is 6.61 Å². The number of aromatic nitrogens is 1. The molecule has 3 nitrogen and oxygen atoms in total. The molecule has 0 bridgehead atoms. The predicted molar refractivity (Wildman–Crippen MR) is 69.7 cm³/mol. The lowest BCUT2D eigenvalue weighted by Gasteiger charge is -2.14. The van der Waals surface area contributed by atoms with E-state index in [4.69, 9.17) is 4.74 Å². The van der Waals surface area contributed by atoms with Crippen LogP contribution < -0.4 is 4.74 Å². The largest absolute Gasteiger partial charge is 0.491 e. The molecule has 0 aliphatic heterocycles. The Labute approximate surface area is 117 Å². The van der Waals surface area contributed by atoms with Crippen molar-refractivity contribution in [2.45, 2.75) is 18.7 Å². The lowest BCUT2D eigenvalue weighted by molar-refractivity contribution is -0.156. The Kier molecular flexibility index (Phi) is 4.61. The van der Waals surface area contributed by atoms with Crippen LogP contribution >= 0.6 is 11.3 Å². The highest BCUT2D eigenvalue weighted by molar-refractivity contribution is 7.13. The van der Waals surface area contributed by atoms with Crippen LogP contribution in [-0.2, 0) is 0 Å². The number of alkyl halides is 3. The normalized spacial score (nSPS) is 13.2. The molecule has 2 aromatic rings. The van der Waals surface area contributed by atoms with Gasteiger partial charge in [-0.15, -0.1) is 11.3 Å². The second-order valence-corrected chi connectivity index (χ2v) is 5.04. The molecule has 0 aliphatic carbocycles. The Bertz CT molecular complexity index is 543. The molecular weight excluding hydrogens is 291 g/mol. The van der Waals surface area contributed by atoms with Gasteiger partial charge in [0.15, 0.2) is 0 Å². The second kappa shape index (κ2) is 6.23. The topological polar surface area (TPSA) is 42.4 Å². The molecule has 1 N–H and O–H groups in total. The molecule has 0 amide bonds. The molecule has 0 fully saturated rings. The van der Waals surface area contributed by atoms with Crippen LogP contribution in [0, 0.1) is 0 Å². The Morgan fingerprint density at radius 3 is 2.80 bits per heavy atom. The van der Waals surface area contributed by atoms with Crippen molar-refractivity contribution in [3.05, 3.63) is 35.8 Å². The van der Waals surface area contributed by atoms with E-state index in [1.807, 2.05) is 11.4 Å². The summed E-state index contributed by atoms with van der Waals surface area (Å²) in [6, 6.07) is 6.86. The molecular formula is C13H12F3NO2S. The Hall–Kier alpha value is -1.60. The third-order valence-electron chi connectivity index (χ3n) is 2.42. The number of hydrogen-bond donors (Lipinski definition) is 1. The van der Waals surface area contributed by atoms with Gasteiger partial charge in [0.2, 0.25) is 0 Å². The first kappa shape index (κ1) is 14.8. The van der Waals surface area contributed by atoms with Gasteiger partial charge in [0, 0.05) is 17.1 Å². The van der Waals surface area contributed by atoms with E-state index in [1.165, 1.54) is 11.3 Å². The second-order valence-electron chi connectivity index (χ2n) is 4.15. The smallest absolute Gasteiger partial charge is 0.391 e. The van der Waals surface area contributed by atoms with Gasteiger partial charge in [-0.3, -0.25) is 0 Å². The SMILES string of the molecule is OC(COc1cccc(-c2nccs2)c1)CC(F)(F)F. The quantitative estimate of drug-likeness (QED) is 0.919. The number of ether oxygens (including phenoxy) is 1. The van der Waals surface area contributed by atoms with Gasteiger partial charge in [-0.25, -0.2) is 4.98 Å². The van der Waals surface area contributed by atoms with Crippen molar-refractivity contribution < 1.29 is 23.0 Å². The lowest BCUT2D eigenvalue weighted by Crippen LogP contribution is -2.25. The van der Waals surface area contributed by atoms with Crippen molar-refractivity contribution in [3.63, 3.8) is 0 Å². The van der Waals surface area contributed by atoms with E-state index in [2.05, 4.69) is 4.98 Å². The summed E-state index contributed by atoms with van der Waals surface area (Å²) in [6.07, 6.45) is -5.58. The molecule has 108 valence electrons. The summed E-state index contributed by atoms with van der Waals surface area (Å²) in [7, 11) is 0. The molecule has 20 heavy (non-hydrogen) atoms. The summed E-state index contributed by atoms with van der Waals surface area (Å²) in [5.74, 6) is 0.402. The van der Waals surface area contributed by atoms with Crippen LogP contribution in [0.25, 0.3) is 10.6 Å². The van der Waals surface area contributed by atoms with Crippen LogP contribution in [0.1, 0.15) is 6.42 Å². The van der Waals surface area contributed by atoms with Crippen LogP contribution in [0.15, 0.2) is 35.8 Å². The minimum atomic E-state index is -4.40. The van der Waals surface area contributed by atoms with E-state index in [-0.39, 0.29) is 0 Å². The number of thiazole rings is 1. The zero-order valence-electron chi connectivity index (χ0n) is 10.3. The number of aliphatic hydroxyl groups excluding tert-OH is 1. The maximum atomic E-state index is 12.1. The first-order chi connectivity index (χ1) is 9.44. The summed E-state index contributed by atoms with van der Waals surface area (Å²) >= 11 is 1.45. The third kappa shape index (κ3) is 4.50. The monoisotopic (exact) mass is 303 g/mol. The van der Waals surface area contributed by atoms with Crippen LogP contribution in [-0.4, -0.2) is 29.0 Å². The van der Waals surface area contributed by atoms with E-state index in [0.717, 1.165) is 10.6 Å². The molecule has 2 rings (SSSR count). The molecule has 1 aromatic heterocycles. The maximum absolute atomic E-state index is 12.1. The maximum Gasteiger partial charge on any atom is 0.391 e. The van der Waals surface area contributed by atoms with Gasteiger partial charge < -0.3 is 9.84 Å². The molecule has 0 saturated carbocycles. The molecule has 0 aliphatic rings. The third-order valence-corrected chi connectivity index (χ3v) is 3.24. The Morgan fingerprint density at radius 1 is 1.35 bits per heavy atom. The van der Waals surface area contributed by atoms with Crippen molar-refractivity contribution in [1.82, 2.24) is 4.98 Å². The molecule has 7 heteroatoms. The fourth-order valence-electron chi connectivity index (χ4n) is 1.60. The number of rotatable bonds is 5. The van der Waals surface area contributed by atoms with Crippen molar-refractivity contribution in [2.24, 2.45) is 0 Å². The molecule has 0 spiro atoms. The molecule has 0 saturated heterocycles. The first-order valence-corrected chi connectivity index (χ1v) is 6.69. The highest BCUT2D eigenvalue weighted by Crippen LogP contribution is 2.26. The molecule has 1 aromatic carbocycles. The zero-order valence-corrected chi connectivity index (χ0v) is 11.1. The average Bonchev–Trinajstić information content (AvgIpc) is 2.88. The molecule has 1 unspecified atom stereocenters. The fourth-order valence-corrected chi connectivity index (χ4v) is 2.24. The minimum Gasteiger partial charge on any atom is -0.491 e. The van der Waals surface area contributed by atoms with Crippen molar-refractivity contribution in [1.29, 1.82) is 0 Å². The number of nitrogens with zero attached hydrogens (tertiary/aromatic N) is 1. The van der Waals surface area contributed by atoms with Gasteiger partial charge in [0.25, 0.3) is 0 Å². The van der Waals surface area contributed by atoms with Crippen LogP contribution in [0.3, 0.4) is 0 Å². The minimum absolute atomic E-state index is 0.402. The van der Waals surface area contributed by atoms with Gasteiger partial charge in [0.05, 0.1) is 12.5 Å². The van der Waals surface area contributed by atoms with Gasteiger partial charge in [-0.1, -0.05) is 12.1 Å². The highest BCUT2D eigenvalue weighted by Gasteiger charge is 2.31. The zero-order chi connectivity index (χ0) is 14.6. The van der Waals surface area contributed by atoms with E-state index in [1.54, 1.807) is 24.4 Å².